The lowest BCUT2D eigenvalue weighted by Gasteiger charge is -2.37. The van der Waals surface area contributed by atoms with Crippen molar-refractivity contribution >= 4 is 28.7 Å². The second-order valence-corrected chi connectivity index (χ2v) is 8.23. The van der Waals surface area contributed by atoms with Gasteiger partial charge in [0.1, 0.15) is 17.2 Å². The Kier molecular flexibility index (Phi) is 6.36. The summed E-state index contributed by atoms with van der Waals surface area (Å²) in [5, 5.41) is 10.2. The van der Waals surface area contributed by atoms with E-state index >= 15 is 0 Å². The zero-order valence-electron chi connectivity index (χ0n) is 18.6. The van der Waals surface area contributed by atoms with Gasteiger partial charge in [-0.1, -0.05) is 30.3 Å². The molecule has 168 valence electrons. The molecule has 2 amide bonds. The molecule has 1 saturated heterocycles. The highest BCUT2D eigenvalue weighted by Gasteiger charge is 2.28. The first-order valence-corrected chi connectivity index (χ1v) is 10.9. The van der Waals surface area contributed by atoms with Gasteiger partial charge in [-0.25, -0.2) is 9.97 Å². The molecule has 0 bridgehead atoms. The number of fused-ring (bicyclic) bond motifs is 1. The van der Waals surface area contributed by atoms with Crippen LogP contribution in [0.5, 0.6) is 0 Å². The van der Waals surface area contributed by atoms with Gasteiger partial charge < -0.3 is 25.8 Å². The van der Waals surface area contributed by atoms with E-state index in [1.54, 1.807) is 0 Å². The van der Waals surface area contributed by atoms with E-state index < -0.39 is 0 Å². The maximum Gasteiger partial charge on any atom is 0.270 e. The molecule has 1 aromatic carbocycles. The van der Waals surface area contributed by atoms with Gasteiger partial charge in [0.15, 0.2) is 5.82 Å². The Balaban J connectivity index is 1.68. The first-order chi connectivity index (χ1) is 15.4. The third-order valence-electron chi connectivity index (χ3n) is 5.57. The van der Waals surface area contributed by atoms with Crippen molar-refractivity contribution in [3.8, 4) is 11.4 Å². The molecule has 9 nitrogen and oxygen atoms in total. The summed E-state index contributed by atoms with van der Waals surface area (Å²) in [4.78, 5) is 38.9. The van der Waals surface area contributed by atoms with Crippen molar-refractivity contribution in [3.63, 3.8) is 0 Å². The fraction of sp³-hybridized carbons (Fsp3) is 0.391. The number of carbonyl (C=O) groups excluding carboxylic acids is 2. The smallest absolute Gasteiger partial charge is 0.270 e. The van der Waals surface area contributed by atoms with E-state index in [4.69, 9.17) is 4.98 Å². The summed E-state index contributed by atoms with van der Waals surface area (Å²) >= 11 is 0. The van der Waals surface area contributed by atoms with Crippen LogP contribution in [0.25, 0.3) is 22.4 Å². The molecule has 9 heteroatoms. The van der Waals surface area contributed by atoms with Crippen LogP contribution >= 0.6 is 0 Å². The molecule has 2 atom stereocenters. The van der Waals surface area contributed by atoms with Crippen LogP contribution in [0.4, 0.5) is 5.82 Å². The highest BCUT2D eigenvalue weighted by molar-refractivity contribution is 6.00. The monoisotopic (exact) mass is 435 g/mol. The highest BCUT2D eigenvalue weighted by Crippen LogP contribution is 2.26. The second-order valence-electron chi connectivity index (χ2n) is 8.23. The van der Waals surface area contributed by atoms with Gasteiger partial charge >= 0.3 is 0 Å². The molecule has 3 heterocycles. The maximum absolute atomic E-state index is 13.3. The summed E-state index contributed by atoms with van der Waals surface area (Å²) in [5.74, 6) is 1.05. The van der Waals surface area contributed by atoms with Crippen molar-refractivity contribution in [3.05, 3.63) is 42.1 Å². The van der Waals surface area contributed by atoms with Crippen LogP contribution in [0.15, 0.2) is 36.4 Å². The third-order valence-corrected chi connectivity index (χ3v) is 5.57. The lowest BCUT2D eigenvalue weighted by Crippen LogP contribution is -2.56. The van der Waals surface area contributed by atoms with Gasteiger partial charge in [0, 0.05) is 50.7 Å². The molecular weight excluding hydrogens is 406 g/mol. The Morgan fingerprint density at radius 1 is 1.16 bits per heavy atom. The van der Waals surface area contributed by atoms with E-state index in [1.165, 1.54) is 6.92 Å². The number of hydrogen-bond donors (Lipinski definition) is 4. The Bertz CT molecular complexity index is 1110. The third kappa shape index (κ3) is 4.72. The average molecular weight is 436 g/mol. The van der Waals surface area contributed by atoms with Gasteiger partial charge in [-0.05, 0) is 19.9 Å². The summed E-state index contributed by atoms with van der Waals surface area (Å²) in [6.45, 7) is 7.99. The van der Waals surface area contributed by atoms with Crippen LogP contribution in [-0.2, 0) is 4.79 Å². The molecule has 0 radical (unpaired) electrons. The zero-order chi connectivity index (χ0) is 22.7. The van der Waals surface area contributed by atoms with Crippen LogP contribution in [0.2, 0.25) is 0 Å². The summed E-state index contributed by atoms with van der Waals surface area (Å²) in [5.41, 5.74) is 1.97. The minimum atomic E-state index is -0.0847. The first kappa shape index (κ1) is 21.8. The van der Waals surface area contributed by atoms with E-state index in [2.05, 4.69) is 32.8 Å². The predicted octanol–water partition coefficient (Wildman–Crippen LogP) is 2.00. The summed E-state index contributed by atoms with van der Waals surface area (Å²) < 4.78 is 0. The van der Waals surface area contributed by atoms with Crippen LogP contribution in [0.1, 0.15) is 31.3 Å². The van der Waals surface area contributed by atoms with Crippen molar-refractivity contribution in [1.29, 1.82) is 0 Å². The van der Waals surface area contributed by atoms with Gasteiger partial charge in [-0.2, -0.15) is 0 Å². The van der Waals surface area contributed by atoms with Gasteiger partial charge in [0.05, 0.1) is 5.39 Å². The zero-order valence-corrected chi connectivity index (χ0v) is 18.6. The number of piperazine rings is 1. The van der Waals surface area contributed by atoms with E-state index in [0.29, 0.717) is 42.6 Å². The van der Waals surface area contributed by atoms with Crippen molar-refractivity contribution in [2.75, 3.05) is 31.5 Å². The summed E-state index contributed by atoms with van der Waals surface area (Å²) in [7, 11) is 0. The summed E-state index contributed by atoms with van der Waals surface area (Å²) in [6.07, 6.45) is 0. The highest BCUT2D eigenvalue weighted by atomic mass is 16.2. The number of amides is 2. The van der Waals surface area contributed by atoms with E-state index in [-0.39, 0.29) is 23.9 Å². The lowest BCUT2D eigenvalue weighted by atomic mass is 10.1. The van der Waals surface area contributed by atoms with Gasteiger partial charge in [-0.15, -0.1) is 0 Å². The Morgan fingerprint density at radius 3 is 2.69 bits per heavy atom. The quantitative estimate of drug-likeness (QED) is 0.440. The largest absolute Gasteiger partial charge is 0.368 e. The molecule has 1 aliphatic heterocycles. The van der Waals surface area contributed by atoms with Gasteiger partial charge in [0.2, 0.25) is 5.91 Å². The number of nitrogens with zero attached hydrogens (tertiary/aromatic N) is 3. The van der Waals surface area contributed by atoms with Crippen LogP contribution < -0.4 is 16.0 Å². The maximum atomic E-state index is 13.3. The number of H-pyrrole nitrogens is 1. The number of rotatable bonds is 6. The fourth-order valence-electron chi connectivity index (χ4n) is 3.85. The Labute approximate surface area is 187 Å². The number of hydrogen-bond acceptors (Lipinski definition) is 6. The molecule has 0 aliphatic carbocycles. The van der Waals surface area contributed by atoms with Crippen molar-refractivity contribution in [1.82, 2.24) is 30.5 Å². The molecule has 1 fully saturated rings. The minimum Gasteiger partial charge on any atom is -0.368 e. The number of nitrogens with one attached hydrogen (secondary N) is 4. The second kappa shape index (κ2) is 9.35. The average Bonchev–Trinajstić information content (AvgIpc) is 3.22. The fourth-order valence-corrected chi connectivity index (χ4v) is 3.85. The molecule has 4 rings (SSSR count). The van der Waals surface area contributed by atoms with Crippen molar-refractivity contribution in [2.24, 2.45) is 0 Å². The normalized spacial score (nSPS) is 18.5. The van der Waals surface area contributed by atoms with Crippen LogP contribution in [0.3, 0.4) is 0 Å². The number of aromatic nitrogens is 3. The molecule has 32 heavy (non-hydrogen) atoms. The van der Waals surface area contributed by atoms with Crippen LogP contribution in [-0.4, -0.2) is 69.9 Å². The predicted molar refractivity (Wildman–Crippen MR) is 124 cm³/mol. The van der Waals surface area contributed by atoms with E-state index in [1.807, 2.05) is 48.2 Å². The number of aromatic amines is 1. The molecular formula is C23H29N7O2. The molecule has 4 N–H and O–H groups in total. The number of benzene rings is 1. The van der Waals surface area contributed by atoms with Gasteiger partial charge in [0.25, 0.3) is 5.91 Å². The molecule has 3 aromatic rings. The molecule has 2 unspecified atom stereocenters. The van der Waals surface area contributed by atoms with Crippen LogP contribution in [0, 0.1) is 0 Å². The molecule has 2 aromatic heterocycles. The van der Waals surface area contributed by atoms with Gasteiger partial charge in [-0.3, -0.25) is 9.59 Å². The van der Waals surface area contributed by atoms with Crippen molar-refractivity contribution < 1.29 is 9.59 Å². The molecule has 0 saturated carbocycles. The number of carbonyl (C=O) groups is 2. The Hall–Kier alpha value is -3.46. The van der Waals surface area contributed by atoms with E-state index in [9.17, 15) is 9.59 Å². The SMILES string of the molecule is CC(=O)NCCNc1nc(-c2ccccc2)nc2[nH]c(C(=O)N3CC(C)NCC3C)cc12. The summed E-state index contributed by atoms with van der Waals surface area (Å²) in [6, 6.07) is 11.9. The van der Waals surface area contributed by atoms with E-state index in [0.717, 1.165) is 17.5 Å². The topological polar surface area (TPSA) is 115 Å². The lowest BCUT2D eigenvalue weighted by molar-refractivity contribution is -0.118. The molecule has 1 aliphatic rings. The minimum absolute atomic E-state index is 0.0469. The molecule has 0 spiro atoms. The first-order valence-electron chi connectivity index (χ1n) is 10.9. The Morgan fingerprint density at radius 2 is 1.94 bits per heavy atom. The van der Waals surface area contributed by atoms with Crippen molar-refractivity contribution in [2.45, 2.75) is 32.9 Å². The number of anilines is 1. The standard InChI is InChI=1S/C23H29N7O2/c1-14-13-30(15(2)12-26-14)23(32)19-11-18-21(25-10-9-24-16(3)31)28-20(29-22(18)27-19)17-7-5-4-6-8-17/h4-8,11,14-15,26H,9-10,12-13H2,1-3H3,(H,24,31)(H2,25,27,28,29).